The van der Waals surface area contributed by atoms with E-state index >= 15 is 0 Å². The normalized spacial score (nSPS) is 11.6. The summed E-state index contributed by atoms with van der Waals surface area (Å²) in [6.07, 6.45) is 2.89. The Kier molecular flexibility index (Phi) is 8.16. The number of carbonyl (C=O) groups is 2. The summed E-state index contributed by atoms with van der Waals surface area (Å²) in [5, 5.41) is 5.42. The van der Waals surface area contributed by atoms with Gasteiger partial charge in [0.2, 0.25) is 15.9 Å². The molecule has 9 heteroatoms. The molecule has 0 saturated carbocycles. The highest BCUT2D eigenvalue weighted by molar-refractivity contribution is 7.89. The van der Waals surface area contributed by atoms with Crippen molar-refractivity contribution >= 4 is 45.2 Å². The summed E-state index contributed by atoms with van der Waals surface area (Å²) in [5.74, 6) is -0.758. The van der Waals surface area contributed by atoms with Crippen molar-refractivity contribution in [3.63, 3.8) is 0 Å². The fraction of sp³-hybridized carbons (Fsp3) is 0.238. The van der Waals surface area contributed by atoms with Gasteiger partial charge in [-0.1, -0.05) is 37.6 Å². The number of amides is 2. The van der Waals surface area contributed by atoms with E-state index in [1.54, 1.807) is 38.1 Å². The molecule has 0 heterocycles. The third-order valence-electron chi connectivity index (χ3n) is 4.36. The summed E-state index contributed by atoms with van der Waals surface area (Å²) in [5.41, 5.74) is 1.35. The number of halogens is 1. The molecule has 0 aromatic heterocycles. The third kappa shape index (κ3) is 5.69. The number of benzene rings is 2. The summed E-state index contributed by atoms with van der Waals surface area (Å²) in [4.78, 5) is 24.2. The number of carbonyl (C=O) groups excluding carboxylic acids is 2. The first-order valence-corrected chi connectivity index (χ1v) is 11.2. The van der Waals surface area contributed by atoms with Gasteiger partial charge in [0, 0.05) is 31.9 Å². The summed E-state index contributed by atoms with van der Waals surface area (Å²) in [6, 6.07) is 10.9. The third-order valence-corrected chi connectivity index (χ3v) is 6.75. The summed E-state index contributed by atoms with van der Waals surface area (Å²) >= 11 is 6.00. The Labute approximate surface area is 181 Å². The molecule has 2 aromatic carbocycles. The first kappa shape index (κ1) is 23.6. The van der Waals surface area contributed by atoms with Gasteiger partial charge in [0.25, 0.3) is 5.91 Å². The van der Waals surface area contributed by atoms with Crippen LogP contribution in [-0.2, 0) is 14.8 Å². The van der Waals surface area contributed by atoms with Gasteiger partial charge in [-0.15, -0.1) is 0 Å². The Morgan fingerprint density at radius 3 is 2.27 bits per heavy atom. The largest absolute Gasteiger partial charge is 0.355 e. The molecule has 0 unspecified atom stereocenters. The van der Waals surface area contributed by atoms with Gasteiger partial charge in [-0.05, 0) is 42.0 Å². The average molecular weight is 450 g/mol. The average Bonchev–Trinajstić information content (AvgIpc) is 2.74. The van der Waals surface area contributed by atoms with Gasteiger partial charge in [0.05, 0.1) is 15.5 Å². The van der Waals surface area contributed by atoms with Gasteiger partial charge in [-0.25, -0.2) is 8.42 Å². The van der Waals surface area contributed by atoms with Crippen molar-refractivity contribution in [1.82, 2.24) is 9.62 Å². The minimum absolute atomic E-state index is 0.204. The second-order valence-corrected chi connectivity index (χ2v) is 8.60. The lowest BCUT2D eigenvalue weighted by Crippen LogP contribution is -2.30. The minimum atomic E-state index is -3.52. The number of sulfonamides is 1. The van der Waals surface area contributed by atoms with E-state index in [2.05, 4.69) is 10.6 Å². The highest BCUT2D eigenvalue weighted by Gasteiger charge is 2.20. The van der Waals surface area contributed by atoms with Crippen LogP contribution in [-0.4, -0.2) is 44.7 Å². The smallest absolute Gasteiger partial charge is 0.252 e. The summed E-state index contributed by atoms with van der Waals surface area (Å²) in [7, 11) is -2.03. The first-order valence-electron chi connectivity index (χ1n) is 9.33. The fourth-order valence-corrected chi connectivity index (χ4v) is 4.39. The van der Waals surface area contributed by atoms with E-state index in [9.17, 15) is 18.0 Å². The van der Waals surface area contributed by atoms with Crippen LogP contribution in [0.3, 0.4) is 0 Å². The molecule has 2 rings (SSSR count). The SMILES string of the molecule is CCN(CC)S(=O)(=O)c1ccc(/C=C/C(=O)Nc2ccc(Cl)c(C(=O)NC)c2)cc1. The molecule has 160 valence electrons. The molecule has 2 amide bonds. The Morgan fingerprint density at radius 2 is 1.70 bits per heavy atom. The van der Waals surface area contributed by atoms with Crippen molar-refractivity contribution in [2.75, 3.05) is 25.5 Å². The Hall–Kier alpha value is -2.68. The number of nitrogens with one attached hydrogen (secondary N) is 2. The van der Waals surface area contributed by atoms with E-state index in [0.717, 1.165) is 0 Å². The van der Waals surface area contributed by atoms with Crippen molar-refractivity contribution in [3.05, 3.63) is 64.7 Å². The molecule has 0 aliphatic carbocycles. The van der Waals surface area contributed by atoms with E-state index < -0.39 is 15.9 Å². The van der Waals surface area contributed by atoms with Gasteiger partial charge in [0.1, 0.15) is 0 Å². The second kappa shape index (κ2) is 10.4. The van der Waals surface area contributed by atoms with Crippen LogP contribution >= 0.6 is 11.6 Å². The first-order chi connectivity index (χ1) is 14.2. The van der Waals surface area contributed by atoms with Crippen LogP contribution in [0.15, 0.2) is 53.4 Å². The van der Waals surface area contributed by atoms with E-state index in [1.165, 1.54) is 41.7 Å². The molecule has 0 saturated heterocycles. The molecule has 0 bridgehead atoms. The van der Waals surface area contributed by atoms with Crippen LogP contribution in [0.4, 0.5) is 5.69 Å². The zero-order valence-electron chi connectivity index (χ0n) is 17.0. The highest BCUT2D eigenvalue weighted by atomic mass is 35.5. The predicted molar refractivity (Wildman–Crippen MR) is 119 cm³/mol. The van der Waals surface area contributed by atoms with Crippen LogP contribution in [0.2, 0.25) is 5.02 Å². The van der Waals surface area contributed by atoms with Crippen LogP contribution in [0.5, 0.6) is 0 Å². The molecule has 7 nitrogen and oxygen atoms in total. The van der Waals surface area contributed by atoms with E-state index in [1.807, 2.05) is 0 Å². The lowest BCUT2D eigenvalue weighted by Gasteiger charge is -2.18. The number of nitrogens with zero attached hydrogens (tertiary/aromatic N) is 1. The lowest BCUT2D eigenvalue weighted by atomic mass is 10.2. The standard InChI is InChI=1S/C21H24ClN3O4S/c1-4-25(5-2)30(28,29)17-10-6-15(7-11-17)8-13-20(26)24-16-9-12-19(22)18(14-16)21(27)23-3/h6-14H,4-5H2,1-3H3,(H,23,27)(H,24,26)/b13-8+. The molecule has 0 fully saturated rings. The number of rotatable bonds is 8. The molecule has 0 atom stereocenters. The molecular formula is C21H24ClN3O4S. The topological polar surface area (TPSA) is 95.6 Å². The van der Waals surface area contributed by atoms with Gasteiger partial charge in [-0.3, -0.25) is 9.59 Å². The number of anilines is 1. The maximum absolute atomic E-state index is 12.5. The molecule has 0 aliphatic rings. The van der Waals surface area contributed by atoms with Gasteiger partial charge < -0.3 is 10.6 Å². The van der Waals surface area contributed by atoms with Crippen molar-refractivity contribution in [1.29, 1.82) is 0 Å². The molecule has 0 aliphatic heterocycles. The van der Waals surface area contributed by atoms with E-state index in [0.29, 0.717) is 24.3 Å². The number of hydrogen-bond donors (Lipinski definition) is 2. The summed E-state index contributed by atoms with van der Waals surface area (Å²) in [6.45, 7) is 4.37. The molecule has 2 aromatic rings. The zero-order valence-corrected chi connectivity index (χ0v) is 18.5. The second-order valence-electron chi connectivity index (χ2n) is 6.25. The molecule has 30 heavy (non-hydrogen) atoms. The van der Waals surface area contributed by atoms with Gasteiger partial charge in [0.15, 0.2) is 0 Å². The van der Waals surface area contributed by atoms with Crippen molar-refractivity contribution in [3.8, 4) is 0 Å². The monoisotopic (exact) mass is 449 g/mol. The fourth-order valence-electron chi connectivity index (χ4n) is 2.73. The Morgan fingerprint density at radius 1 is 1.07 bits per heavy atom. The molecule has 0 radical (unpaired) electrons. The zero-order chi connectivity index (χ0) is 22.3. The predicted octanol–water partition coefficient (Wildman–Crippen LogP) is 3.38. The Bertz CT molecular complexity index is 1050. The lowest BCUT2D eigenvalue weighted by molar-refractivity contribution is -0.111. The Balaban J connectivity index is 2.10. The maximum Gasteiger partial charge on any atom is 0.252 e. The van der Waals surface area contributed by atoms with Crippen molar-refractivity contribution in [2.24, 2.45) is 0 Å². The van der Waals surface area contributed by atoms with Crippen LogP contribution in [0.1, 0.15) is 29.8 Å². The number of hydrogen-bond acceptors (Lipinski definition) is 4. The van der Waals surface area contributed by atoms with E-state index in [4.69, 9.17) is 11.6 Å². The van der Waals surface area contributed by atoms with Crippen molar-refractivity contribution < 1.29 is 18.0 Å². The highest BCUT2D eigenvalue weighted by Crippen LogP contribution is 2.21. The van der Waals surface area contributed by atoms with Crippen LogP contribution < -0.4 is 10.6 Å². The van der Waals surface area contributed by atoms with Crippen LogP contribution in [0, 0.1) is 0 Å². The van der Waals surface area contributed by atoms with Crippen molar-refractivity contribution in [2.45, 2.75) is 18.7 Å². The minimum Gasteiger partial charge on any atom is -0.355 e. The molecule has 0 spiro atoms. The summed E-state index contributed by atoms with van der Waals surface area (Å²) < 4.78 is 26.4. The van der Waals surface area contributed by atoms with Crippen LogP contribution in [0.25, 0.3) is 6.08 Å². The quantitative estimate of drug-likeness (QED) is 0.604. The molecule has 2 N–H and O–H groups in total. The maximum atomic E-state index is 12.5. The van der Waals surface area contributed by atoms with Gasteiger partial charge in [-0.2, -0.15) is 4.31 Å². The molecular weight excluding hydrogens is 426 g/mol. The van der Waals surface area contributed by atoms with Gasteiger partial charge >= 0.3 is 0 Å². The van der Waals surface area contributed by atoms with E-state index in [-0.39, 0.29) is 21.4 Å².